The van der Waals surface area contributed by atoms with E-state index in [4.69, 9.17) is 4.74 Å². The summed E-state index contributed by atoms with van der Waals surface area (Å²) in [5.74, 6) is -0.770. The van der Waals surface area contributed by atoms with Crippen LogP contribution in [0.5, 0.6) is 5.75 Å². The summed E-state index contributed by atoms with van der Waals surface area (Å²) in [4.78, 5) is 26.5. The van der Waals surface area contributed by atoms with Gasteiger partial charge in [-0.15, -0.1) is 0 Å². The Hall–Kier alpha value is -3.00. The number of alkyl halides is 2. The average Bonchev–Trinajstić information content (AvgIpc) is 3.45. The van der Waals surface area contributed by atoms with E-state index < -0.39 is 24.7 Å². The van der Waals surface area contributed by atoms with E-state index in [0.717, 1.165) is 5.56 Å². The number of benzene rings is 2. The van der Waals surface area contributed by atoms with Gasteiger partial charge in [-0.3, -0.25) is 9.69 Å². The summed E-state index contributed by atoms with van der Waals surface area (Å²) in [6.07, 6.45) is 0. The summed E-state index contributed by atoms with van der Waals surface area (Å²) >= 11 is 0. The van der Waals surface area contributed by atoms with Crippen molar-refractivity contribution in [1.29, 1.82) is 0 Å². The minimum absolute atomic E-state index is 0.0742. The van der Waals surface area contributed by atoms with Crippen molar-refractivity contribution in [1.82, 2.24) is 10.2 Å². The van der Waals surface area contributed by atoms with Crippen LogP contribution in [-0.4, -0.2) is 43.1 Å². The van der Waals surface area contributed by atoms with E-state index in [1.807, 2.05) is 11.0 Å². The molecule has 0 radical (unpaired) electrons. The highest BCUT2D eigenvalue weighted by Crippen LogP contribution is 2.25. The molecule has 1 saturated heterocycles. The smallest absolute Gasteiger partial charge is 0.387 e. The third kappa shape index (κ3) is 5.04. The predicted octanol–water partition coefficient (Wildman–Crippen LogP) is 2.50. The second-order valence-corrected chi connectivity index (χ2v) is 6.35. The summed E-state index contributed by atoms with van der Waals surface area (Å²) in [5.41, 5.74) is 1.38. The van der Waals surface area contributed by atoms with Crippen molar-refractivity contribution in [3.05, 3.63) is 65.7 Å². The third-order valence-electron chi connectivity index (χ3n) is 4.38. The van der Waals surface area contributed by atoms with Crippen molar-refractivity contribution >= 4 is 11.9 Å². The van der Waals surface area contributed by atoms with Crippen LogP contribution in [-0.2, 0) is 20.9 Å². The Morgan fingerprint density at radius 2 is 1.93 bits per heavy atom. The van der Waals surface area contributed by atoms with E-state index in [1.54, 1.807) is 36.4 Å². The van der Waals surface area contributed by atoms with Crippen LogP contribution < -0.4 is 10.1 Å². The molecule has 0 bridgehead atoms. The summed E-state index contributed by atoms with van der Waals surface area (Å²) in [6, 6.07) is 13.9. The highest BCUT2D eigenvalue weighted by molar-refractivity contribution is 5.90. The number of nitrogens with zero attached hydrogens (tertiary/aromatic N) is 1. The Bertz CT molecular complexity index is 832. The second kappa shape index (κ2) is 8.79. The summed E-state index contributed by atoms with van der Waals surface area (Å²) in [5, 5.41) is 2.72. The first kappa shape index (κ1) is 19.8. The second-order valence-electron chi connectivity index (χ2n) is 6.35. The van der Waals surface area contributed by atoms with Gasteiger partial charge >= 0.3 is 12.6 Å². The Morgan fingerprint density at radius 3 is 2.61 bits per heavy atom. The van der Waals surface area contributed by atoms with Crippen molar-refractivity contribution in [2.75, 3.05) is 13.7 Å². The van der Waals surface area contributed by atoms with E-state index in [1.165, 1.54) is 19.2 Å². The molecule has 6 nitrogen and oxygen atoms in total. The molecule has 1 fully saturated rings. The first-order chi connectivity index (χ1) is 13.5. The van der Waals surface area contributed by atoms with Gasteiger partial charge in [0, 0.05) is 13.1 Å². The van der Waals surface area contributed by atoms with Gasteiger partial charge < -0.3 is 14.8 Å². The number of amides is 1. The molecule has 1 amide bonds. The number of hydrogen-bond donors (Lipinski definition) is 1. The minimum Gasteiger partial charge on any atom is -0.467 e. The Morgan fingerprint density at radius 1 is 1.18 bits per heavy atom. The quantitative estimate of drug-likeness (QED) is 0.554. The predicted molar refractivity (Wildman–Crippen MR) is 96.6 cm³/mol. The van der Waals surface area contributed by atoms with Crippen LogP contribution in [0.2, 0.25) is 0 Å². The van der Waals surface area contributed by atoms with E-state index in [-0.39, 0.29) is 11.7 Å². The van der Waals surface area contributed by atoms with Crippen LogP contribution >= 0.6 is 0 Å². The fraction of sp³-hybridized carbons (Fsp3) is 0.300. The first-order valence-electron chi connectivity index (χ1n) is 8.69. The van der Waals surface area contributed by atoms with E-state index in [2.05, 4.69) is 10.1 Å². The number of esters is 1. The minimum atomic E-state index is -2.89. The fourth-order valence-corrected chi connectivity index (χ4v) is 2.93. The van der Waals surface area contributed by atoms with Gasteiger partial charge in [0.15, 0.2) is 6.04 Å². The molecule has 148 valence electrons. The van der Waals surface area contributed by atoms with Crippen molar-refractivity contribution in [2.24, 2.45) is 0 Å². The Balaban J connectivity index is 1.60. The van der Waals surface area contributed by atoms with Gasteiger partial charge in [-0.2, -0.15) is 8.78 Å². The topological polar surface area (TPSA) is 67.6 Å². The van der Waals surface area contributed by atoms with Gasteiger partial charge in [-0.1, -0.05) is 42.5 Å². The zero-order valence-electron chi connectivity index (χ0n) is 15.2. The van der Waals surface area contributed by atoms with Crippen LogP contribution in [0, 0.1) is 0 Å². The lowest BCUT2D eigenvalue weighted by Gasteiger charge is -2.17. The molecule has 28 heavy (non-hydrogen) atoms. The molecule has 0 aliphatic carbocycles. The molecule has 0 saturated carbocycles. The molecule has 1 heterocycles. The zero-order valence-corrected chi connectivity index (χ0v) is 15.2. The van der Waals surface area contributed by atoms with Crippen molar-refractivity contribution in [3.63, 3.8) is 0 Å². The lowest BCUT2D eigenvalue weighted by atomic mass is 10.1. The fourth-order valence-electron chi connectivity index (χ4n) is 2.93. The maximum Gasteiger partial charge on any atom is 0.387 e. The average molecular weight is 390 g/mol. The maximum atomic E-state index is 12.5. The largest absolute Gasteiger partial charge is 0.467 e. The Labute approximate surface area is 161 Å². The molecule has 0 aromatic heterocycles. The standard InChI is InChI=1S/C20H20F2N2O4/c1-27-19(26)17(14-7-3-2-4-8-14)23-18(25)16-12-24(16)11-13-6-5-9-15(10-13)28-20(21)22/h2-10,16-17,20H,11-12H2,1H3,(H,23,25). The molecule has 3 rings (SSSR count). The van der Waals surface area contributed by atoms with Gasteiger partial charge in [0.25, 0.3) is 0 Å². The lowest BCUT2D eigenvalue weighted by Crippen LogP contribution is -2.38. The zero-order chi connectivity index (χ0) is 20.1. The molecule has 3 atom stereocenters. The molecule has 2 aromatic carbocycles. The molecule has 1 aliphatic rings. The number of ether oxygens (including phenoxy) is 2. The summed E-state index contributed by atoms with van der Waals surface area (Å²) < 4.78 is 33.8. The van der Waals surface area contributed by atoms with Crippen molar-refractivity contribution in [3.8, 4) is 5.75 Å². The highest BCUT2D eigenvalue weighted by atomic mass is 19.3. The summed E-state index contributed by atoms with van der Waals surface area (Å²) in [7, 11) is 1.27. The van der Waals surface area contributed by atoms with Crippen molar-refractivity contribution < 1.29 is 27.8 Å². The van der Waals surface area contributed by atoms with Gasteiger partial charge in [0.1, 0.15) is 11.8 Å². The van der Waals surface area contributed by atoms with Crippen LogP contribution in [0.25, 0.3) is 0 Å². The summed E-state index contributed by atoms with van der Waals surface area (Å²) in [6.45, 7) is -1.97. The van der Waals surface area contributed by atoms with Gasteiger partial charge in [-0.05, 0) is 23.3 Å². The van der Waals surface area contributed by atoms with Crippen LogP contribution in [0.4, 0.5) is 8.78 Å². The Kier molecular flexibility index (Phi) is 6.20. The van der Waals surface area contributed by atoms with Crippen LogP contribution in [0.1, 0.15) is 17.2 Å². The van der Waals surface area contributed by atoms with Gasteiger partial charge in [-0.25, -0.2) is 4.79 Å². The molecule has 0 spiro atoms. The number of carbonyl (C=O) groups is 2. The number of carbonyl (C=O) groups excluding carboxylic acids is 2. The molecular formula is C20H20F2N2O4. The highest BCUT2D eigenvalue weighted by Gasteiger charge is 2.41. The monoisotopic (exact) mass is 390 g/mol. The number of halogens is 2. The van der Waals surface area contributed by atoms with E-state index >= 15 is 0 Å². The molecule has 8 heteroatoms. The number of nitrogens with one attached hydrogen (secondary N) is 1. The first-order valence-corrected chi connectivity index (χ1v) is 8.69. The van der Waals surface area contributed by atoms with Crippen LogP contribution in [0.15, 0.2) is 54.6 Å². The van der Waals surface area contributed by atoms with Crippen LogP contribution in [0.3, 0.4) is 0 Å². The van der Waals surface area contributed by atoms with E-state index in [0.29, 0.717) is 18.7 Å². The van der Waals surface area contributed by atoms with Gasteiger partial charge in [0.05, 0.1) is 7.11 Å². The van der Waals surface area contributed by atoms with Gasteiger partial charge in [0.2, 0.25) is 5.91 Å². The molecular weight excluding hydrogens is 370 g/mol. The molecule has 1 aliphatic heterocycles. The molecule has 3 unspecified atom stereocenters. The molecule has 1 N–H and O–H groups in total. The maximum absolute atomic E-state index is 12.5. The number of rotatable bonds is 8. The molecule has 2 aromatic rings. The van der Waals surface area contributed by atoms with E-state index in [9.17, 15) is 18.4 Å². The lowest BCUT2D eigenvalue weighted by molar-refractivity contribution is -0.145. The number of methoxy groups -OCH3 is 1. The van der Waals surface area contributed by atoms with Crippen molar-refractivity contribution in [2.45, 2.75) is 25.2 Å². The SMILES string of the molecule is COC(=O)C(NC(=O)C1CN1Cc1cccc(OC(F)F)c1)c1ccccc1. The number of hydrogen-bond acceptors (Lipinski definition) is 5. The third-order valence-corrected chi connectivity index (χ3v) is 4.38. The normalized spacial score (nSPS) is 19.0.